The van der Waals surface area contributed by atoms with Crippen LogP contribution in [0.25, 0.3) is 0 Å². The first kappa shape index (κ1) is 14.4. The van der Waals surface area contributed by atoms with Crippen molar-refractivity contribution < 1.29 is 9.50 Å². The first-order valence-corrected chi connectivity index (χ1v) is 7.11. The molecule has 0 aromatic carbocycles. The zero-order valence-electron chi connectivity index (χ0n) is 11.7. The topological polar surface area (TPSA) is 36.4 Å². The van der Waals surface area contributed by atoms with Crippen LogP contribution in [0.15, 0.2) is 18.3 Å². The third-order valence-electron chi connectivity index (χ3n) is 3.97. The summed E-state index contributed by atoms with van der Waals surface area (Å²) < 4.78 is 12.8. The Morgan fingerprint density at radius 3 is 2.89 bits per heavy atom. The molecule has 4 heteroatoms. The van der Waals surface area contributed by atoms with Crippen LogP contribution in [0.3, 0.4) is 0 Å². The summed E-state index contributed by atoms with van der Waals surface area (Å²) in [5, 5.41) is 10.1. The van der Waals surface area contributed by atoms with Crippen molar-refractivity contribution in [1.29, 1.82) is 0 Å². The summed E-state index contributed by atoms with van der Waals surface area (Å²) in [5.41, 5.74) is 0.557. The molecule has 0 bridgehead atoms. The van der Waals surface area contributed by atoms with E-state index < -0.39 is 6.10 Å². The van der Waals surface area contributed by atoms with Gasteiger partial charge in [0.05, 0.1) is 18.0 Å². The summed E-state index contributed by atoms with van der Waals surface area (Å²) in [4.78, 5) is 6.39. The quantitative estimate of drug-likeness (QED) is 0.890. The van der Waals surface area contributed by atoms with E-state index in [1.54, 1.807) is 6.07 Å². The predicted octanol–water partition coefficient (Wildman–Crippen LogP) is 2.76. The summed E-state index contributed by atoms with van der Waals surface area (Å²) in [6.45, 7) is 6.50. The van der Waals surface area contributed by atoms with Gasteiger partial charge in [0, 0.05) is 12.6 Å². The van der Waals surface area contributed by atoms with Crippen LogP contribution in [0.4, 0.5) is 4.39 Å². The van der Waals surface area contributed by atoms with Gasteiger partial charge in [-0.1, -0.05) is 13.8 Å². The van der Waals surface area contributed by atoms with Crippen LogP contribution in [-0.2, 0) is 0 Å². The second-order valence-electron chi connectivity index (χ2n) is 5.70. The molecule has 1 saturated heterocycles. The minimum absolute atomic E-state index is 0.365. The summed E-state index contributed by atoms with van der Waals surface area (Å²) in [7, 11) is 0. The number of halogens is 1. The number of nitrogens with zero attached hydrogens (tertiary/aromatic N) is 2. The van der Waals surface area contributed by atoms with Gasteiger partial charge >= 0.3 is 0 Å². The molecule has 1 aromatic rings. The standard InChI is InChI=1S/C15H23FN2O/c1-11(2)14-4-3-8-18(14)9-7-15(19)13-6-5-12(16)10-17-13/h5-6,10-11,14-15,19H,3-4,7-9H2,1-2H3. The van der Waals surface area contributed by atoms with E-state index in [1.807, 2.05) is 0 Å². The second-order valence-corrected chi connectivity index (χ2v) is 5.70. The molecule has 1 N–H and O–H groups in total. The zero-order valence-corrected chi connectivity index (χ0v) is 11.7. The molecule has 2 heterocycles. The van der Waals surface area contributed by atoms with Gasteiger partial charge in [0.2, 0.25) is 0 Å². The fourth-order valence-corrected chi connectivity index (χ4v) is 2.90. The third kappa shape index (κ3) is 3.74. The maximum absolute atomic E-state index is 12.8. The number of hydrogen-bond acceptors (Lipinski definition) is 3. The van der Waals surface area contributed by atoms with Crippen molar-refractivity contribution in [3.05, 3.63) is 29.8 Å². The van der Waals surface area contributed by atoms with Gasteiger partial charge in [0.25, 0.3) is 0 Å². The van der Waals surface area contributed by atoms with Crippen molar-refractivity contribution in [3.8, 4) is 0 Å². The largest absolute Gasteiger partial charge is 0.387 e. The molecule has 0 amide bonds. The van der Waals surface area contributed by atoms with Crippen LogP contribution >= 0.6 is 0 Å². The molecule has 1 fully saturated rings. The van der Waals surface area contributed by atoms with Crippen LogP contribution < -0.4 is 0 Å². The normalized spacial score (nSPS) is 22.1. The van der Waals surface area contributed by atoms with E-state index in [0.29, 0.717) is 24.1 Å². The van der Waals surface area contributed by atoms with Crippen LogP contribution in [0, 0.1) is 11.7 Å². The predicted molar refractivity (Wildman–Crippen MR) is 73.2 cm³/mol. The average molecular weight is 266 g/mol. The van der Waals surface area contributed by atoms with E-state index in [1.165, 1.54) is 18.9 Å². The highest BCUT2D eigenvalue weighted by Crippen LogP contribution is 2.25. The van der Waals surface area contributed by atoms with Crippen molar-refractivity contribution in [3.63, 3.8) is 0 Å². The van der Waals surface area contributed by atoms with Gasteiger partial charge in [-0.2, -0.15) is 0 Å². The van der Waals surface area contributed by atoms with Crippen molar-refractivity contribution in [2.24, 2.45) is 5.92 Å². The van der Waals surface area contributed by atoms with Gasteiger partial charge in [-0.25, -0.2) is 4.39 Å². The SMILES string of the molecule is CC(C)C1CCCN1CCC(O)c1ccc(F)cn1. The molecule has 1 aliphatic heterocycles. The van der Waals surface area contributed by atoms with Crippen LogP contribution in [0.5, 0.6) is 0 Å². The Hall–Kier alpha value is -1.00. The lowest BCUT2D eigenvalue weighted by atomic mass is 10.0. The minimum Gasteiger partial charge on any atom is -0.387 e. The number of hydrogen-bond donors (Lipinski definition) is 1. The van der Waals surface area contributed by atoms with E-state index in [0.717, 1.165) is 19.3 Å². The molecule has 2 rings (SSSR count). The van der Waals surface area contributed by atoms with Crippen LogP contribution in [-0.4, -0.2) is 34.1 Å². The maximum Gasteiger partial charge on any atom is 0.141 e. The van der Waals surface area contributed by atoms with Gasteiger partial charge in [0.15, 0.2) is 0 Å². The van der Waals surface area contributed by atoms with E-state index in [4.69, 9.17) is 0 Å². The third-order valence-corrected chi connectivity index (χ3v) is 3.97. The molecule has 19 heavy (non-hydrogen) atoms. The highest BCUT2D eigenvalue weighted by molar-refractivity contribution is 5.08. The first-order valence-electron chi connectivity index (χ1n) is 7.11. The number of rotatable bonds is 5. The van der Waals surface area contributed by atoms with Gasteiger partial charge in [-0.15, -0.1) is 0 Å². The van der Waals surface area contributed by atoms with Crippen LogP contribution in [0.1, 0.15) is 44.9 Å². The number of likely N-dealkylation sites (tertiary alicyclic amines) is 1. The lowest BCUT2D eigenvalue weighted by Crippen LogP contribution is -2.34. The Balaban J connectivity index is 1.86. The van der Waals surface area contributed by atoms with Crippen molar-refractivity contribution >= 4 is 0 Å². The molecular formula is C15H23FN2O. The minimum atomic E-state index is -0.603. The molecular weight excluding hydrogens is 243 g/mol. The molecule has 2 atom stereocenters. The molecule has 1 aromatic heterocycles. The van der Waals surface area contributed by atoms with Crippen molar-refractivity contribution in [1.82, 2.24) is 9.88 Å². The number of aromatic nitrogens is 1. The van der Waals surface area contributed by atoms with E-state index in [2.05, 4.69) is 23.7 Å². The van der Waals surface area contributed by atoms with Crippen LogP contribution in [0.2, 0.25) is 0 Å². The molecule has 0 saturated carbocycles. The molecule has 0 spiro atoms. The summed E-state index contributed by atoms with van der Waals surface area (Å²) in [5.74, 6) is 0.291. The Labute approximate surface area is 114 Å². The lowest BCUT2D eigenvalue weighted by Gasteiger charge is -2.28. The zero-order chi connectivity index (χ0) is 13.8. The molecule has 0 radical (unpaired) electrons. The summed E-state index contributed by atoms with van der Waals surface area (Å²) in [6.07, 6.45) is 3.71. The van der Waals surface area contributed by atoms with Gasteiger partial charge in [-0.05, 0) is 43.9 Å². The van der Waals surface area contributed by atoms with Crippen molar-refractivity contribution in [2.75, 3.05) is 13.1 Å². The van der Waals surface area contributed by atoms with E-state index in [-0.39, 0.29) is 5.82 Å². The maximum atomic E-state index is 12.8. The van der Waals surface area contributed by atoms with E-state index in [9.17, 15) is 9.50 Å². The van der Waals surface area contributed by atoms with Gasteiger partial charge in [-0.3, -0.25) is 4.98 Å². The number of aliphatic hydroxyl groups is 1. The fourth-order valence-electron chi connectivity index (χ4n) is 2.90. The molecule has 0 aliphatic carbocycles. The average Bonchev–Trinajstić information content (AvgIpc) is 2.85. The van der Waals surface area contributed by atoms with Gasteiger partial charge in [0.1, 0.15) is 5.82 Å². The highest BCUT2D eigenvalue weighted by Gasteiger charge is 2.27. The smallest absolute Gasteiger partial charge is 0.141 e. The Morgan fingerprint density at radius 1 is 1.47 bits per heavy atom. The second kappa shape index (κ2) is 6.44. The Bertz CT molecular complexity index is 394. The molecule has 1 aliphatic rings. The molecule has 2 unspecified atom stereocenters. The Morgan fingerprint density at radius 2 is 2.26 bits per heavy atom. The monoisotopic (exact) mass is 266 g/mol. The number of aliphatic hydroxyl groups excluding tert-OH is 1. The van der Waals surface area contributed by atoms with E-state index >= 15 is 0 Å². The first-order chi connectivity index (χ1) is 9.08. The fraction of sp³-hybridized carbons (Fsp3) is 0.667. The molecule has 106 valence electrons. The number of pyridine rings is 1. The Kier molecular flexibility index (Phi) is 4.88. The molecule has 3 nitrogen and oxygen atoms in total. The lowest BCUT2D eigenvalue weighted by molar-refractivity contribution is 0.125. The highest BCUT2D eigenvalue weighted by atomic mass is 19.1. The van der Waals surface area contributed by atoms with Gasteiger partial charge < -0.3 is 10.0 Å². The summed E-state index contributed by atoms with van der Waals surface area (Å²) in [6, 6.07) is 3.54. The summed E-state index contributed by atoms with van der Waals surface area (Å²) >= 11 is 0. The van der Waals surface area contributed by atoms with Crippen molar-refractivity contribution in [2.45, 2.75) is 45.3 Å².